The van der Waals surface area contributed by atoms with Crippen LogP contribution in [0.5, 0.6) is 0 Å². The second kappa shape index (κ2) is 7.25. The average Bonchev–Trinajstić information content (AvgIpc) is 3.37. The van der Waals surface area contributed by atoms with Crippen LogP contribution in [0.1, 0.15) is 16.2 Å². The molecule has 2 aromatic carbocycles. The minimum Gasteiger partial charge on any atom is -0.454 e. The lowest BCUT2D eigenvalue weighted by Crippen LogP contribution is -2.11. The zero-order chi connectivity index (χ0) is 18.6. The van der Waals surface area contributed by atoms with Crippen molar-refractivity contribution in [2.24, 2.45) is 0 Å². The summed E-state index contributed by atoms with van der Waals surface area (Å²) in [5.41, 5.74) is 2.17. The van der Waals surface area contributed by atoms with E-state index in [4.69, 9.17) is 9.15 Å². The Hall–Kier alpha value is -3.74. The molecule has 0 amide bonds. The number of halogens is 1. The van der Waals surface area contributed by atoms with Crippen LogP contribution in [0.3, 0.4) is 0 Å². The molecule has 6 nitrogen and oxygen atoms in total. The van der Waals surface area contributed by atoms with E-state index in [0.29, 0.717) is 17.3 Å². The third-order valence-corrected chi connectivity index (χ3v) is 3.88. The molecular formula is C20H14FN3O3. The summed E-state index contributed by atoms with van der Waals surface area (Å²) in [6.07, 6.45) is 4.31. The highest BCUT2D eigenvalue weighted by atomic mass is 19.1. The van der Waals surface area contributed by atoms with Crippen molar-refractivity contribution in [3.05, 3.63) is 90.6 Å². The summed E-state index contributed by atoms with van der Waals surface area (Å²) in [6, 6.07) is 15.2. The number of carbonyl (C=O) groups is 1. The van der Waals surface area contributed by atoms with Crippen LogP contribution in [0.2, 0.25) is 0 Å². The highest BCUT2D eigenvalue weighted by Gasteiger charge is 2.16. The molecule has 2 aromatic heterocycles. The highest BCUT2D eigenvalue weighted by molar-refractivity contribution is 5.88. The minimum atomic E-state index is -0.568. The Balaban J connectivity index is 1.46. The lowest BCUT2D eigenvalue weighted by Gasteiger charge is -2.07. The second-order valence-electron chi connectivity index (χ2n) is 5.71. The highest BCUT2D eigenvalue weighted by Crippen LogP contribution is 2.19. The maximum absolute atomic E-state index is 13.1. The first-order valence-electron chi connectivity index (χ1n) is 8.16. The monoisotopic (exact) mass is 363 g/mol. The smallest absolute Gasteiger partial charge is 0.357 e. The summed E-state index contributed by atoms with van der Waals surface area (Å²) in [6.45, 7) is -0.0379. The normalized spacial score (nSPS) is 10.7. The van der Waals surface area contributed by atoms with E-state index in [9.17, 15) is 9.18 Å². The van der Waals surface area contributed by atoms with Crippen molar-refractivity contribution in [1.29, 1.82) is 0 Å². The van der Waals surface area contributed by atoms with Crippen LogP contribution < -0.4 is 0 Å². The molecule has 0 aliphatic rings. The molecular weight excluding hydrogens is 349 g/mol. The van der Waals surface area contributed by atoms with E-state index < -0.39 is 5.97 Å². The Morgan fingerprint density at radius 1 is 1.11 bits per heavy atom. The predicted molar refractivity (Wildman–Crippen MR) is 94.6 cm³/mol. The number of esters is 1. The first kappa shape index (κ1) is 16.7. The molecule has 0 radical (unpaired) electrons. The molecule has 0 aliphatic heterocycles. The van der Waals surface area contributed by atoms with Crippen molar-refractivity contribution >= 4 is 5.97 Å². The third-order valence-electron chi connectivity index (χ3n) is 3.88. The van der Waals surface area contributed by atoms with Crippen molar-refractivity contribution < 1.29 is 18.3 Å². The van der Waals surface area contributed by atoms with Crippen molar-refractivity contribution in [1.82, 2.24) is 14.5 Å². The maximum Gasteiger partial charge on any atom is 0.357 e. The molecule has 0 fully saturated rings. The largest absolute Gasteiger partial charge is 0.454 e. The SMILES string of the molecule is O=C(OCc1coc(-c2ccccc2)n1)c1cncn1-c1ccc(F)cc1. The molecule has 0 aliphatic carbocycles. The number of oxazole rings is 1. The van der Waals surface area contributed by atoms with E-state index >= 15 is 0 Å². The number of hydrogen-bond acceptors (Lipinski definition) is 5. The van der Waals surface area contributed by atoms with Crippen molar-refractivity contribution in [3.63, 3.8) is 0 Å². The zero-order valence-corrected chi connectivity index (χ0v) is 14.1. The Morgan fingerprint density at radius 2 is 1.89 bits per heavy atom. The van der Waals surface area contributed by atoms with Gasteiger partial charge in [-0.3, -0.25) is 4.57 Å². The van der Waals surface area contributed by atoms with E-state index in [1.165, 1.54) is 35.5 Å². The summed E-state index contributed by atoms with van der Waals surface area (Å²) in [4.78, 5) is 20.7. The molecule has 0 spiro atoms. The van der Waals surface area contributed by atoms with E-state index in [-0.39, 0.29) is 18.1 Å². The van der Waals surface area contributed by atoms with Crippen LogP contribution in [0, 0.1) is 5.82 Å². The van der Waals surface area contributed by atoms with Gasteiger partial charge in [-0.2, -0.15) is 0 Å². The molecule has 4 aromatic rings. The van der Waals surface area contributed by atoms with Gasteiger partial charge in [0.2, 0.25) is 5.89 Å². The number of rotatable bonds is 5. The molecule has 0 saturated carbocycles. The van der Waals surface area contributed by atoms with Gasteiger partial charge >= 0.3 is 5.97 Å². The fourth-order valence-corrected chi connectivity index (χ4v) is 2.55. The molecule has 0 atom stereocenters. The molecule has 7 heteroatoms. The van der Waals surface area contributed by atoms with Gasteiger partial charge < -0.3 is 9.15 Å². The summed E-state index contributed by atoms with van der Waals surface area (Å²) >= 11 is 0. The number of aromatic nitrogens is 3. The van der Waals surface area contributed by atoms with Gasteiger partial charge in [-0.15, -0.1) is 0 Å². The van der Waals surface area contributed by atoms with E-state index in [0.717, 1.165) is 5.56 Å². The predicted octanol–water partition coefficient (Wildman–Crippen LogP) is 4.02. The van der Waals surface area contributed by atoms with Gasteiger partial charge in [-0.25, -0.2) is 19.2 Å². The lowest BCUT2D eigenvalue weighted by atomic mass is 10.2. The zero-order valence-electron chi connectivity index (χ0n) is 14.1. The van der Waals surface area contributed by atoms with Crippen molar-refractivity contribution in [3.8, 4) is 17.1 Å². The number of benzene rings is 2. The number of ether oxygens (including phenoxy) is 1. The molecule has 0 unspecified atom stereocenters. The van der Waals surface area contributed by atoms with Crippen molar-refractivity contribution in [2.75, 3.05) is 0 Å². The Bertz CT molecular complexity index is 1060. The summed E-state index contributed by atoms with van der Waals surface area (Å²) in [5.74, 6) is -0.470. The summed E-state index contributed by atoms with van der Waals surface area (Å²) in [5, 5.41) is 0. The first-order valence-corrected chi connectivity index (χ1v) is 8.16. The number of hydrogen-bond donors (Lipinski definition) is 0. The molecule has 0 saturated heterocycles. The molecule has 134 valence electrons. The molecule has 4 rings (SSSR count). The van der Waals surface area contributed by atoms with Crippen LogP contribution in [-0.2, 0) is 11.3 Å². The lowest BCUT2D eigenvalue weighted by molar-refractivity contribution is 0.0458. The van der Waals surface area contributed by atoms with Gasteiger partial charge in [0.25, 0.3) is 0 Å². The number of nitrogens with zero attached hydrogens (tertiary/aromatic N) is 3. The van der Waals surface area contributed by atoms with Crippen LogP contribution in [0.4, 0.5) is 4.39 Å². The fraction of sp³-hybridized carbons (Fsp3) is 0.0500. The topological polar surface area (TPSA) is 70.2 Å². The van der Waals surface area contributed by atoms with Gasteiger partial charge in [-0.1, -0.05) is 18.2 Å². The summed E-state index contributed by atoms with van der Waals surface area (Å²) in [7, 11) is 0. The minimum absolute atomic E-state index is 0.0379. The van der Waals surface area contributed by atoms with E-state index in [1.807, 2.05) is 30.3 Å². The van der Waals surface area contributed by atoms with Crippen LogP contribution in [-0.4, -0.2) is 20.5 Å². The Labute approximate surface area is 153 Å². The second-order valence-corrected chi connectivity index (χ2v) is 5.71. The van der Waals surface area contributed by atoms with Gasteiger partial charge in [0.15, 0.2) is 5.69 Å². The van der Waals surface area contributed by atoms with Gasteiger partial charge in [-0.05, 0) is 36.4 Å². The third kappa shape index (κ3) is 3.62. The number of carbonyl (C=O) groups excluding carboxylic acids is 1. The first-order chi connectivity index (χ1) is 13.2. The van der Waals surface area contributed by atoms with Gasteiger partial charge in [0.05, 0.1) is 12.5 Å². The fourth-order valence-electron chi connectivity index (χ4n) is 2.55. The van der Waals surface area contributed by atoms with E-state index in [1.54, 1.807) is 12.1 Å². The standard InChI is InChI=1S/C20H14FN3O3/c21-15-6-8-17(9-7-15)24-13-22-10-18(24)20(25)27-12-16-11-26-19(23-16)14-4-2-1-3-5-14/h1-11,13H,12H2. The van der Waals surface area contributed by atoms with Crippen LogP contribution >= 0.6 is 0 Å². The molecule has 2 heterocycles. The Morgan fingerprint density at radius 3 is 2.67 bits per heavy atom. The van der Waals surface area contributed by atoms with Crippen molar-refractivity contribution in [2.45, 2.75) is 6.61 Å². The van der Waals surface area contributed by atoms with E-state index in [2.05, 4.69) is 9.97 Å². The average molecular weight is 363 g/mol. The Kier molecular flexibility index (Phi) is 4.49. The molecule has 27 heavy (non-hydrogen) atoms. The van der Waals surface area contributed by atoms with Gasteiger partial charge in [0.1, 0.15) is 24.4 Å². The molecule has 0 N–H and O–H groups in total. The van der Waals surface area contributed by atoms with Crippen LogP contribution in [0.25, 0.3) is 17.1 Å². The van der Waals surface area contributed by atoms with Crippen LogP contribution in [0.15, 0.2) is 77.8 Å². The maximum atomic E-state index is 13.1. The van der Waals surface area contributed by atoms with Gasteiger partial charge in [0, 0.05) is 11.3 Å². The number of imidazole rings is 1. The summed E-state index contributed by atoms with van der Waals surface area (Å²) < 4.78 is 25.3. The quantitative estimate of drug-likeness (QED) is 0.501. The molecule has 0 bridgehead atoms.